The van der Waals surface area contributed by atoms with Gasteiger partial charge in [0.25, 0.3) is 0 Å². The van der Waals surface area contributed by atoms with E-state index in [4.69, 9.17) is 4.74 Å². The molecule has 5 nitrogen and oxygen atoms in total. The summed E-state index contributed by atoms with van der Waals surface area (Å²) in [5, 5.41) is 9.31. The number of carboxylic acids is 1. The number of benzene rings is 2. The molecule has 1 fully saturated rings. The Kier molecular flexibility index (Phi) is 3.92. The van der Waals surface area contributed by atoms with Crippen molar-refractivity contribution in [2.24, 2.45) is 5.92 Å². The highest BCUT2D eigenvalue weighted by Crippen LogP contribution is 2.44. The number of rotatable bonds is 2. The fraction of sp³-hybridized carbons (Fsp3) is 0.300. The van der Waals surface area contributed by atoms with Crippen LogP contribution in [-0.2, 0) is 9.59 Å². The van der Waals surface area contributed by atoms with Crippen molar-refractivity contribution in [3.63, 3.8) is 0 Å². The number of aliphatic carboxylic acids is 1. The van der Waals surface area contributed by atoms with Gasteiger partial charge in [0.1, 0.15) is 11.5 Å². The number of likely N-dealkylation sites (tertiary alicyclic amines) is 1. The zero-order valence-electron chi connectivity index (χ0n) is 13.7. The van der Waals surface area contributed by atoms with Gasteiger partial charge in [-0.2, -0.15) is 0 Å². The molecule has 2 aliphatic heterocycles. The molecule has 2 heterocycles. The van der Waals surface area contributed by atoms with Gasteiger partial charge in [-0.3, -0.25) is 9.59 Å². The van der Waals surface area contributed by atoms with E-state index in [1.807, 2.05) is 48.5 Å². The van der Waals surface area contributed by atoms with E-state index in [2.05, 4.69) is 0 Å². The summed E-state index contributed by atoms with van der Waals surface area (Å²) in [6.07, 6.45) is 1.34. The fourth-order valence-electron chi connectivity index (χ4n) is 3.74. The molecule has 1 amide bonds. The third kappa shape index (κ3) is 2.76. The molecule has 4 rings (SSSR count). The van der Waals surface area contributed by atoms with Gasteiger partial charge in [0.05, 0.1) is 11.8 Å². The Morgan fingerprint density at radius 1 is 1.00 bits per heavy atom. The Bertz CT molecular complexity index is 786. The second kappa shape index (κ2) is 6.24. The number of carbonyl (C=O) groups is 2. The van der Waals surface area contributed by atoms with Crippen molar-refractivity contribution >= 4 is 11.9 Å². The summed E-state index contributed by atoms with van der Waals surface area (Å²) in [5.74, 6) is -0.436. The standard InChI is InChI=1S/C20H19NO4/c22-19(21-11-5-6-13(12-21)20(23)24)18-14-7-1-3-9-16(14)25-17-10-4-2-8-15(17)18/h1-4,7-10,13,18H,5-6,11-12H2,(H,23,24)/t13-/m0/s1. The summed E-state index contributed by atoms with van der Waals surface area (Å²) < 4.78 is 5.94. The molecular formula is C20H19NO4. The molecule has 0 spiro atoms. The molecule has 1 saturated heterocycles. The molecule has 1 atom stereocenters. The van der Waals surface area contributed by atoms with E-state index >= 15 is 0 Å². The van der Waals surface area contributed by atoms with Crippen LogP contribution in [0.15, 0.2) is 48.5 Å². The first kappa shape index (κ1) is 15.7. The first-order valence-corrected chi connectivity index (χ1v) is 8.52. The SMILES string of the molecule is O=C(O)[C@H]1CCCN(C(=O)C2c3ccccc3Oc3ccccc32)C1. The third-order valence-electron chi connectivity index (χ3n) is 5.01. The maximum Gasteiger partial charge on any atom is 0.308 e. The zero-order valence-corrected chi connectivity index (χ0v) is 13.7. The Labute approximate surface area is 145 Å². The lowest BCUT2D eigenvalue weighted by atomic mass is 9.86. The molecular weight excluding hydrogens is 318 g/mol. The molecule has 2 aliphatic rings. The van der Waals surface area contributed by atoms with Crippen LogP contribution in [0.25, 0.3) is 0 Å². The van der Waals surface area contributed by atoms with Gasteiger partial charge in [-0.15, -0.1) is 0 Å². The second-order valence-electron chi connectivity index (χ2n) is 6.57. The molecule has 0 unspecified atom stereocenters. The average Bonchev–Trinajstić information content (AvgIpc) is 2.65. The predicted octanol–water partition coefficient (Wildman–Crippen LogP) is 3.25. The molecule has 128 valence electrons. The van der Waals surface area contributed by atoms with Gasteiger partial charge in [-0.05, 0) is 25.0 Å². The molecule has 0 saturated carbocycles. The van der Waals surface area contributed by atoms with Crippen LogP contribution in [0, 0.1) is 5.92 Å². The Morgan fingerprint density at radius 3 is 2.20 bits per heavy atom. The van der Waals surface area contributed by atoms with Gasteiger partial charge in [0.15, 0.2) is 0 Å². The van der Waals surface area contributed by atoms with Crippen molar-refractivity contribution in [3.05, 3.63) is 59.7 Å². The van der Waals surface area contributed by atoms with Gasteiger partial charge < -0.3 is 14.7 Å². The van der Waals surface area contributed by atoms with E-state index in [9.17, 15) is 14.7 Å². The first-order valence-electron chi connectivity index (χ1n) is 8.52. The average molecular weight is 337 g/mol. The number of nitrogens with zero attached hydrogens (tertiary/aromatic N) is 1. The number of amides is 1. The minimum absolute atomic E-state index is 0.0471. The Morgan fingerprint density at radius 2 is 1.60 bits per heavy atom. The maximum absolute atomic E-state index is 13.3. The summed E-state index contributed by atoms with van der Waals surface area (Å²) in [7, 11) is 0. The van der Waals surface area contributed by atoms with Crippen LogP contribution >= 0.6 is 0 Å². The summed E-state index contributed by atoms with van der Waals surface area (Å²) >= 11 is 0. The van der Waals surface area contributed by atoms with Crippen LogP contribution in [0.2, 0.25) is 0 Å². The lowest BCUT2D eigenvalue weighted by molar-refractivity contribution is -0.145. The largest absolute Gasteiger partial charge is 0.481 e. The summed E-state index contributed by atoms with van der Waals surface area (Å²) in [6.45, 7) is 0.875. The highest BCUT2D eigenvalue weighted by molar-refractivity contribution is 5.90. The maximum atomic E-state index is 13.3. The molecule has 2 aromatic rings. The summed E-state index contributed by atoms with van der Waals surface area (Å²) in [5.41, 5.74) is 1.67. The number of hydrogen-bond donors (Lipinski definition) is 1. The van der Waals surface area contributed by atoms with Crippen LogP contribution in [0.5, 0.6) is 11.5 Å². The van der Waals surface area contributed by atoms with E-state index in [1.54, 1.807) is 4.90 Å². The van der Waals surface area contributed by atoms with E-state index in [0.717, 1.165) is 17.5 Å². The summed E-state index contributed by atoms with van der Waals surface area (Å²) in [6, 6.07) is 15.1. The molecule has 0 aliphatic carbocycles. The van der Waals surface area contributed by atoms with Gasteiger partial charge in [0, 0.05) is 24.2 Å². The van der Waals surface area contributed by atoms with Crippen LogP contribution in [0.3, 0.4) is 0 Å². The predicted molar refractivity (Wildman–Crippen MR) is 91.7 cm³/mol. The van der Waals surface area contributed by atoms with E-state index in [-0.39, 0.29) is 12.5 Å². The number of para-hydroxylation sites is 2. The van der Waals surface area contributed by atoms with Crippen LogP contribution < -0.4 is 4.74 Å². The van der Waals surface area contributed by atoms with E-state index in [0.29, 0.717) is 24.5 Å². The molecule has 1 N–H and O–H groups in total. The minimum atomic E-state index is -0.828. The molecule has 0 radical (unpaired) electrons. The normalized spacial score (nSPS) is 19.5. The summed E-state index contributed by atoms with van der Waals surface area (Å²) in [4.78, 5) is 26.4. The van der Waals surface area contributed by atoms with Crippen molar-refractivity contribution in [3.8, 4) is 11.5 Å². The Hall–Kier alpha value is -2.82. The number of piperidine rings is 1. The topological polar surface area (TPSA) is 66.8 Å². The van der Waals surface area contributed by atoms with Crippen LogP contribution in [0.4, 0.5) is 0 Å². The van der Waals surface area contributed by atoms with Crippen molar-refractivity contribution < 1.29 is 19.4 Å². The Balaban J connectivity index is 1.72. The minimum Gasteiger partial charge on any atom is -0.481 e. The fourth-order valence-corrected chi connectivity index (χ4v) is 3.74. The molecule has 25 heavy (non-hydrogen) atoms. The number of carbonyl (C=O) groups excluding carboxylic acids is 1. The van der Waals surface area contributed by atoms with Crippen molar-refractivity contribution in [2.75, 3.05) is 13.1 Å². The third-order valence-corrected chi connectivity index (χ3v) is 5.01. The second-order valence-corrected chi connectivity index (χ2v) is 6.57. The molecule has 5 heteroatoms. The molecule has 2 aromatic carbocycles. The van der Waals surface area contributed by atoms with Gasteiger partial charge in [0.2, 0.25) is 5.91 Å². The first-order chi connectivity index (χ1) is 12.1. The number of carboxylic acid groups (broad SMARTS) is 1. The molecule has 0 bridgehead atoms. The quantitative estimate of drug-likeness (QED) is 0.913. The van der Waals surface area contributed by atoms with Gasteiger partial charge in [-0.25, -0.2) is 0 Å². The van der Waals surface area contributed by atoms with E-state index in [1.165, 1.54) is 0 Å². The number of hydrogen-bond acceptors (Lipinski definition) is 3. The monoisotopic (exact) mass is 337 g/mol. The van der Waals surface area contributed by atoms with Crippen molar-refractivity contribution in [1.29, 1.82) is 0 Å². The van der Waals surface area contributed by atoms with Gasteiger partial charge >= 0.3 is 5.97 Å². The number of fused-ring (bicyclic) bond motifs is 2. The lowest BCUT2D eigenvalue weighted by Crippen LogP contribution is -2.44. The lowest BCUT2D eigenvalue weighted by Gasteiger charge is -2.35. The van der Waals surface area contributed by atoms with Crippen molar-refractivity contribution in [1.82, 2.24) is 4.90 Å². The smallest absolute Gasteiger partial charge is 0.308 e. The highest BCUT2D eigenvalue weighted by atomic mass is 16.5. The zero-order chi connectivity index (χ0) is 17.4. The van der Waals surface area contributed by atoms with Gasteiger partial charge in [-0.1, -0.05) is 36.4 Å². The highest BCUT2D eigenvalue weighted by Gasteiger charge is 2.37. The van der Waals surface area contributed by atoms with Crippen molar-refractivity contribution in [2.45, 2.75) is 18.8 Å². The van der Waals surface area contributed by atoms with Crippen LogP contribution in [-0.4, -0.2) is 35.0 Å². The number of ether oxygens (including phenoxy) is 1. The molecule has 0 aromatic heterocycles. The van der Waals surface area contributed by atoms with Crippen LogP contribution in [0.1, 0.15) is 29.9 Å². The van der Waals surface area contributed by atoms with E-state index < -0.39 is 17.8 Å².